The number of carbonyl (C=O) groups is 1. The number of benzene rings is 3. The highest BCUT2D eigenvalue weighted by atomic mass is 35.5. The van der Waals surface area contributed by atoms with Gasteiger partial charge in [0.1, 0.15) is 5.82 Å². The minimum Gasteiger partial charge on any atom is -0.322 e. The van der Waals surface area contributed by atoms with E-state index in [1.54, 1.807) is 30.3 Å². The average molecular weight is 405 g/mol. The molecule has 27 heavy (non-hydrogen) atoms. The van der Waals surface area contributed by atoms with Crippen molar-refractivity contribution in [2.45, 2.75) is 4.90 Å². The Kier molecular flexibility index (Phi) is 5.43. The maximum atomic E-state index is 13.0. The second-order valence-electron chi connectivity index (χ2n) is 5.57. The molecule has 0 fully saturated rings. The van der Waals surface area contributed by atoms with E-state index >= 15 is 0 Å². The summed E-state index contributed by atoms with van der Waals surface area (Å²) < 4.78 is 40.5. The Balaban J connectivity index is 1.81. The summed E-state index contributed by atoms with van der Waals surface area (Å²) in [6, 6.07) is 17.2. The lowest BCUT2D eigenvalue weighted by molar-refractivity contribution is 0.102. The van der Waals surface area contributed by atoms with Crippen LogP contribution in [0.5, 0.6) is 0 Å². The average Bonchev–Trinajstić information content (AvgIpc) is 2.64. The summed E-state index contributed by atoms with van der Waals surface area (Å²) in [5.74, 6) is -0.936. The standard InChI is InChI=1S/C19H14ClFN2O3S/c20-17-6-1-2-7-18(17)23-27(25,26)16-5-3-4-15(12-16)22-19(24)13-8-10-14(21)11-9-13/h1-12,23H,(H,22,24). The van der Waals surface area contributed by atoms with Crippen LogP contribution in [0.4, 0.5) is 15.8 Å². The van der Waals surface area contributed by atoms with Crippen LogP contribution in [0, 0.1) is 5.82 Å². The van der Waals surface area contributed by atoms with Gasteiger partial charge in [-0.3, -0.25) is 9.52 Å². The molecule has 5 nitrogen and oxygen atoms in total. The van der Waals surface area contributed by atoms with Crippen LogP contribution < -0.4 is 10.0 Å². The van der Waals surface area contributed by atoms with Gasteiger partial charge in [0.05, 0.1) is 15.6 Å². The summed E-state index contributed by atoms with van der Waals surface area (Å²) in [5.41, 5.74) is 0.783. The maximum Gasteiger partial charge on any atom is 0.262 e. The Morgan fingerprint density at radius 3 is 2.33 bits per heavy atom. The summed E-state index contributed by atoms with van der Waals surface area (Å²) in [7, 11) is -3.90. The van der Waals surface area contributed by atoms with Gasteiger partial charge in [-0.25, -0.2) is 12.8 Å². The molecule has 2 N–H and O–H groups in total. The molecule has 0 saturated heterocycles. The molecule has 8 heteroatoms. The first-order valence-corrected chi connectivity index (χ1v) is 9.65. The molecule has 0 heterocycles. The summed E-state index contributed by atoms with van der Waals surface area (Å²) >= 11 is 5.99. The molecular weight excluding hydrogens is 391 g/mol. The number of rotatable bonds is 5. The number of amides is 1. The first-order chi connectivity index (χ1) is 12.8. The number of hydrogen-bond donors (Lipinski definition) is 2. The third-order valence-electron chi connectivity index (χ3n) is 3.63. The van der Waals surface area contributed by atoms with Crippen LogP contribution in [-0.4, -0.2) is 14.3 Å². The lowest BCUT2D eigenvalue weighted by atomic mass is 10.2. The number of halogens is 2. The van der Waals surface area contributed by atoms with Crippen molar-refractivity contribution < 1.29 is 17.6 Å². The molecule has 0 unspecified atom stereocenters. The Labute approximate surface area is 160 Å². The number of sulfonamides is 1. The zero-order valence-corrected chi connectivity index (χ0v) is 15.4. The highest BCUT2D eigenvalue weighted by molar-refractivity contribution is 7.92. The molecular formula is C19H14ClFN2O3S. The molecule has 0 saturated carbocycles. The van der Waals surface area contributed by atoms with E-state index in [4.69, 9.17) is 11.6 Å². The van der Waals surface area contributed by atoms with Crippen molar-refractivity contribution in [1.82, 2.24) is 0 Å². The van der Waals surface area contributed by atoms with Gasteiger partial charge in [-0.15, -0.1) is 0 Å². The summed E-state index contributed by atoms with van der Waals surface area (Å²) in [6.07, 6.45) is 0. The van der Waals surface area contributed by atoms with Gasteiger partial charge in [-0.2, -0.15) is 0 Å². The third kappa shape index (κ3) is 4.64. The van der Waals surface area contributed by atoms with Crippen molar-refractivity contribution in [2.24, 2.45) is 0 Å². The number of anilines is 2. The third-order valence-corrected chi connectivity index (χ3v) is 5.32. The van der Waals surface area contributed by atoms with E-state index < -0.39 is 21.7 Å². The van der Waals surface area contributed by atoms with E-state index in [1.807, 2.05) is 0 Å². The number of hydrogen-bond acceptors (Lipinski definition) is 3. The lowest BCUT2D eigenvalue weighted by Gasteiger charge is -2.11. The van der Waals surface area contributed by atoms with Crippen LogP contribution in [0.1, 0.15) is 10.4 Å². The molecule has 0 spiro atoms. The summed E-state index contributed by atoms with van der Waals surface area (Å²) in [6.45, 7) is 0. The number of carbonyl (C=O) groups excluding carboxylic acids is 1. The van der Waals surface area contributed by atoms with Crippen LogP contribution in [0.25, 0.3) is 0 Å². The van der Waals surface area contributed by atoms with Gasteiger partial charge in [0.15, 0.2) is 0 Å². The van der Waals surface area contributed by atoms with Gasteiger partial charge in [-0.05, 0) is 54.6 Å². The zero-order valence-electron chi connectivity index (χ0n) is 13.8. The molecule has 138 valence electrons. The number of para-hydroxylation sites is 1. The van der Waals surface area contributed by atoms with Crippen molar-refractivity contribution >= 4 is 38.9 Å². The molecule has 0 aliphatic heterocycles. The minimum absolute atomic E-state index is 0.0423. The van der Waals surface area contributed by atoms with Gasteiger partial charge in [-0.1, -0.05) is 29.8 Å². The summed E-state index contributed by atoms with van der Waals surface area (Å²) in [4.78, 5) is 12.2. The highest BCUT2D eigenvalue weighted by Gasteiger charge is 2.16. The fraction of sp³-hybridized carbons (Fsp3) is 0. The van der Waals surface area contributed by atoms with E-state index in [0.717, 1.165) is 0 Å². The predicted molar refractivity (Wildman–Crippen MR) is 103 cm³/mol. The molecule has 3 rings (SSSR count). The predicted octanol–water partition coefficient (Wildman–Crippen LogP) is 4.53. The highest BCUT2D eigenvalue weighted by Crippen LogP contribution is 2.25. The van der Waals surface area contributed by atoms with Gasteiger partial charge >= 0.3 is 0 Å². The fourth-order valence-electron chi connectivity index (χ4n) is 2.29. The molecule has 3 aromatic carbocycles. The molecule has 0 aliphatic rings. The zero-order chi connectivity index (χ0) is 19.4. The Bertz CT molecular complexity index is 1090. The van der Waals surface area contributed by atoms with Crippen molar-refractivity contribution in [3.8, 4) is 0 Å². The first-order valence-electron chi connectivity index (χ1n) is 7.79. The second-order valence-corrected chi connectivity index (χ2v) is 7.66. The largest absolute Gasteiger partial charge is 0.322 e. The van der Waals surface area contributed by atoms with Crippen LogP contribution in [0.2, 0.25) is 5.02 Å². The second kappa shape index (κ2) is 7.77. The normalized spacial score (nSPS) is 11.0. The maximum absolute atomic E-state index is 13.0. The van der Waals surface area contributed by atoms with Gasteiger partial charge < -0.3 is 5.32 Å². The van der Waals surface area contributed by atoms with Crippen molar-refractivity contribution in [3.63, 3.8) is 0 Å². The first kappa shape index (κ1) is 18.9. The number of nitrogens with one attached hydrogen (secondary N) is 2. The SMILES string of the molecule is O=C(Nc1cccc(S(=O)(=O)Nc2ccccc2Cl)c1)c1ccc(F)cc1. The van der Waals surface area contributed by atoms with Gasteiger partial charge in [0.25, 0.3) is 15.9 Å². The Morgan fingerprint density at radius 1 is 0.926 bits per heavy atom. The van der Waals surface area contributed by atoms with Crippen LogP contribution >= 0.6 is 11.6 Å². The van der Waals surface area contributed by atoms with E-state index in [2.05, 4.69) is 10.0 Å². The lowest BCUT2D eigenvalue weighted by Crippen LogP contribution is -2.15. The summed E-state index contributed by atoms with van der Waals surface area (Å²) in [5, 5.41) is 2.85. The molecule has 0 aromatic heterocycles. The van der Waals surface area contributed by atoms with Crippen molar-refractivity contribution in [3.05, 3.63) is 89.2 Å². The van der Waals surface area contributed by atoms with Gasteiger partial charge in [0.2, 0.25) is 0 Å². The van der Waals surface area contributed by atoms with Gasteiger partial charge in [0, 0.05) is 11.3 Å². The topological polar surface area (TPSA) is 75.3 Å². The molecule has 1 amide bonds. The Morgan fingerprint density at radius 2 is 1.63 bits per heavy atom. The Hall–Kier alpha value is -2.90. The van der Waals surface area contributed by atoms with Crippen LogP contribution in [0.3, 0.4) is 0 Å². The molecule has 0 radical (unpaired) electrons. The van der Waals surface area contributed by atoms with E-state index in [9.17, 15) is 17.6 Å². The van der Waals surface area contributed by atoms with E-state index in [-0.39, 0.29) is 26.9 Å². The van der Waals surface area contributed by atoms with E-state index in [0.29, 0.717) is 0 Å². The molecule has 0 bridgehead atoms. The minimum atomic E-state index is -3.90. The molecule has 3 aromatic rings. The monoisotopic (exact) mass is 404 g/mol. The van der Waals surface area contributed by atoms with Crippen LogP contribution in [-0.2, 0) is 10.0 Å². The van der Waals surface area contributed by atoms with E-state index in [1.165, 1.54) is 42.5 Å². The molecule has 0 atom stereocenters. The quantitative estimate of drug-likeness (QED) is 0.655. The van der Waals surface area contributed by atoms with Crippen molar-refractivity contribution in [1.29, 1.82) is 0 Å². The smallest absolute Gasteiger partial charge is 0.262 e. The van der Waals surface area contributed by atoms with Crippen LogP contribution in [0.15, 0.2) is 77.7 Å². The molecule has 0 aliphatic carbocycles. The fourth-order valence-corrected chi connectivity index (χ4v) is 3.66. The van der Waals surface area contributed by atoms with Crippen molar-refractivity contribution in [2.75, 3.05) is 10.0 Å².